The largest absolute Gasteiger partial charge is 0.481 e. The number of rotatable bonds is 9. The van der Waals surface area contributed by atoms with Gasteiger partial charge in [-0.15, -0.1) is 0 Å². The van der Waals surface area contributed by atoms with Crippen LogP contribution in [0.1, 0.15) is 36.3 Å². The third kappa shape index (κ3) is 6.10. The minimum absolute atomic E-state index is 0.126. The average Bonchev–Trinajstić information content (AvgIpc) is 3.11. The Morgan fingerprint density at radius 2 is 1.94 bits per heavy atom. The van der Waals surface area contributed by atoms with Crippen LogP contribution >= 0.6 is 11.8 Å². The molecule has 0 saturated carbocycles. The summed E-state index contributed by atoms with van der Waals surface area (Å²) < 4.78 is 24.6. The van der Waals surface area contributed by atoms with Gasteiger partial charge in [-0.2, -0.15) is 11.8 Å². The lowest BCUT2D eigenvalue weighted by Gasteiger charge is -2.15. The molecule has 0 saturated heterocycles. The highest BCUT2D eigenvalue weighted by molar-refractivity contribution is 7.98. The van der Waals surface area contributed by atoms with E-state index in [1.807, 2.05) is 24.3 Å². The van der Waals surface area contributed by atoms with Gasteiger partial charge in [0.05, 0.1) is 6.42 Å². The van der Waals surface area contributed by atoms with Crippen molar-refractivity contribution in [1.82, 2.24) is 5.16 Å². The van der Waals surface area contributed by atoms with Crippen molar-refractivity contribution in [3.63, 3.8) is 0 Å². The normalized spacial score (nSPS) is 11.7. The zero-order valence-corrected chi connectivity index (χ0v) is 18.4. The second-order valence-corrected chi connectivity index (χ2v) is 8.16. The van der Waals surface area contributed by atoms with Crippen LogP contribution in [0, 0.1) is 12.7 Å². The molecule has 2 N–H and O–H groups in total. The fourth-order valence-corrected chi connectivity index (χ4v) is 3.87. The molecule has 0 aliphatic heterocycles. The maximum atomic E-state index is 13.9. The second kappa shape index (κ2) is 10.8. The molecule has 168 valence electrons. The summed E-state index contributed by atoms with van der Waals surface area (Å²) in [5, 5.41) is 15.3. The van der Waals surface area contributed by atoms with Crippen LogP contribution in [0.5, 0.6) is 0 Å². The molecule has 1 unspecified atom stereocenters. The number of aryl methyl sites for hydroxylation is 1. The summed E-state index contributed by atoms with van der Waals surface area (Å²) in [4.78, 5) is 23.0. The molecule has 3 rings (SSSR count). The lowest BCUT2D eigenvalue weighted by Crippen LogP contribution is -2.17. The highest BCUT2D eigenvalue weighted by atomic mass is 32.2. The number of aliphatic carboxylic acids is 1. The van der Waals surface area contributed by atoms with Crippen LogP contribution in [0.3, 0.4) is 0 Å². The van der Waals surface area contributed by atoms with Gasteiger partial charge >= 0.3 is 12.1 Å². The Balaban J connectivity index is 1.65. The SMILES string of the molecule is Cc1noc(-c2ccc(CSCCC(=O)O)cc2)c1NC(=O)OC(C)c1ccccc1F. The van der Waals surface area contributed by atoms with Crippen LogP contribution in [0.25, 0.3) is 11.3 Å². The van der Waals surface area contributed by atoms with E-state index >= 15 is 0 Å². The summed E-state index contributed by atoms with van der Waals surface area (Å²) in [7, 11) is 0. The third-order valence-electron chi connectivity index (χ3n) is 4.66. The Hall–Kier alpha value is -3.33. The van der Waals surface area contributed by atoms with E-state index in [1.165, 1.54) is 17.8 Å². The average molecular weight is 459 g/mol. The summed E-state index contributed by atoms with van der Waals surface area (Å²) in [6.45, 7) is 3.28. The van der Waals surface area contributed by atoms with Crippen molar-refractivity contribution < 1.29 is 28.3 Å². The van der Waals surface area contributed by atoms with E-state index in [-0.39, 0.29) is 12.0 Å². The topological polar surface area (TPSA) is 102 Å². The quantitative estimate of drug-likeness (QED) is 0.390. The molecule has 0 fully saturated rings. The van der Waals surface area contributed by atoms with Gasteiger partial charge < -0.3 is 14.4 Å². The molecule has 3 aromatic rings. The summed E-state index contributed by atoms with van der Waals surface area (Å²) >= 11 is 1.54. The van der Waals surface area contributed by atoms with Crippen molar-refractivity contribution in [3.05, 3.63) is 71.2 Å². The third-order valence-corrected chi connectivity index (χ3v) is 5.69. The number of nitrogens with zero attached hydrogens (tertiary/aromatic N) is 1. The molecule has 7 nitrogen and oxygen atoms in total. The predicted molar refractivity (Wildman–Crippen MR) is 120 cm³/mol. The first-order valence-electron chi connectivity index (χ1n) is 9.92. The Morgan fingerprint density at radius 1 is 1.22 bits per heavy atom. The van der Waals surface area contributed by atoms with Gasteiger partial charge in [-0.1, -0.05) is 47.6 Å². The predicted octanol–water partition coefficient (Wildman–Crippen LogP) is 5.81. The molecule has 0 spiro atoms. The van der Waals surface area contributed by atoms with E-state index in [9.17, 15) is 14.0 Å². The number of hydrogen-bond acceptors (Lipinski definition) is 6. The number of carboxylic acid groups (broad SMARTS) is 1. The highest BCUT2D eigenvalue weighted by Crippen LogP contribution is 2.32. The zero-order chi connectivity index (χ0) is 23.1. The molecule has 9 heteroatoms. The second-order valence-electron chi connectivity index (χ2n) is 7.06. The van der Waals surface area contributed by atoms with Gasteiger partial charge in [-0.05, 0) is 25.5 Å². The molecule has 1 atom stereocenters. The summed E-state index contributed by atoms with van der Waals surface area (Å²) in [5.41, 5.74) is 2.88. The highest BCUT2D eigenvalue weighted by Gasteiger charge is 2.21. The van der Waals surface area contributed by atoms with Crippen molar-refractivity contribution in [3.8, 4) is 11.3 Å². The first-order valence-corrected chi connectivity index (χ1v) is 11.1. The van der Waals surface area contributed by atoms with Crippen LogP contribution in [0.2, 0.25) is 0 Å². The lowest BCUT2D eigenvalue weighted by atomic mass is 10.1. The number of thioether (sulfide) groups is 1. The molecule has 1 heterocycles. The van der Waals surface area contributed by atoms with Gasteiger partial charge in [-0.25, -0.2) is 9.18 Å². The van der Waals surface area contributed by atoms with Crippen molar-refractivity contribution in [2.45, 2.75) is 32.1 Å². The number of anilines is 1. The van der Waals surface area contributed by atoms with Gasteiger partial charge in [0.1, 0.15) is 23.3 Å². The van der Waals surface area contributed by atoms with Gasteiger partial charge in [0.15, 0.2) is 5.76 Å². The van der Waals surface area contributed by atoms with E-state index in [1.54, 1.807) is 32.0 Å². The molecule has 1 amide bonds. The number of hydrogen-bond donors (Lipinski definition) is 2. The van der Waals surface area contributed by atoms with E-state index in [2.05, 4.69) is 10.5 Å². The smallest absolute Gasteiger partial charge is 0.412 e. The van der Waals surface area contributed by atoms with Crippen LogP contribution in [0.4, 0.5) is 14.9 Å². The lowest BCUT2D eigenvalue weighted by molar-refractivity contribution is -0.136. The molecule has 2 aromatic carbocycles. The summed E-state index contributed by atoms with van der Waals surface area (Å²) in [6, 6.07) is 13.6. The molecule has 0 aliphatic carbocycles. The Kier molecular flexibility index (Phi) is 7.88. The molecular formula is C23H23FN2O5S. The van der Waals surface area contributed by atoms with Gasteiger partial charge in [-0.3, -0.25) is 10.1 Å². The number of halogens is 1. The molecular weight excluding hydrogens is 435 g/mol. The molecule has 0 bridgehead atoms. The number of nitrogens with one attached hydrogen (secondary N) is 1. The molecule has 0 radical (unpaired) electrons. The maximum absolute atomic E-state index is 13.9. The Morgan fingerprint density at radius 3 is 2.62 bits per heavy atom. The van der Waals surface area contributed by atoms with E-state index in [0.717, 1.165) is 5.56 Å². The van der Waals surface area contributed by atoms with Crippen molar-refractivity contribution in [1.29, 1.82) is 0 Å². The van der Waals surface area contributed by atoms with Crippen LogP contribution < -0.4 is 5.32 Å². The van der Waals surface area contributed by atoms with Gasteiger partial charge in [0, 0.05) is 22.6 Å². The maximum Gasteiger partial charge on any atom is 0.412 e. The molecule has 1 aromatic heterocycles. The van der Waals surface area contributed by atoms with Crippen LogP contribution in [-0.2, 0) is 15.3 Å². The fourth-order valence-electron chi connectivity index (χ4n) is 2.98. The van der Waals surface area contributed by atoms with Crippen molar-refractivity contribution in [2.75, 3.05) is 11.1 Å². The number of ether oxygens (including phenoxy) is 1. The number of carbonyl (C=O) groups is 2. The monoisotopic (exact) mass is 458 g/mol. The summed E-state index contributed by atoms with van der Waals surface area (Å²) in [6.07, 6.45) is -1.40. The fraction of sp³-hybridized carbons (Fsp3) is 0.261. The molecule has 32 heavy (non-hydrogen) atoms. The number of amides is 1. The number of carbonyl (C=O) groups excluding carboxylic acids is 1. The number of carboxylic acids is 1. The van der Waals surface area contributed by atoms with Crippen molar-refractivity contribution in [2.24, 2.45) is 0 Å². The summed E-state index contributed by atoms with van der Waals surface area (Å²) in [5.74, 6) is 0.350. The van der Waals surface area contributed by atoms with Gasteiger partial charge in [0.25, 0.3) is 0 Å². The number of benzene rings is 2. The van der Waals surface area contributed by atoms with Crippen molar-refractivity contribution >= 4 is 29.5 Å². The van der Waals surface area contributed by atoms with E-state index in [4.69, 9.17) is 14.4 Å². The number of aromatic nitrogens is 1. The minimum Gasteiger partial charge on any atom is -0.481 e. The minimum atomic E-state index is -0.810. The van der Waals surface area contributed by atoms with E-state index < -0.39 is 24.0 Å². The van der Waals surface area contributed by atoms with Crippen LogP contribution in [0.15, 0.2) is 53.1 Å². The van der Waals surface area contributed by atoms with Crippen LogP contribution in [-0.4, -0.2) is 28.1 Å². The molecule has 0 aliphatic rings. The first kappa shape index (κ1) is 23.3. The van der Waals surface area contributed by atoms with E-state index in [0.29, 0.717) is 34.2 Å². The van der Waals surface area contributed by atoms with Gasteiger partial charge in [0.2, 0.25) is 0 Å². The standard InChI is InChI=1S/C23H23FN2O5S/c1-14-21(25-23(29)30-15(2)18-5-3-4-6-19(18)24)22(31-26-14)17-9-7-16(8-10-17)13-32-12-11-20(27)28/h3-10,15H,11-13H2,1-2H3,(H,25,29)(H,27,28). The first-order chi connectivity index (χ1) is 15.3. The Bertz CT molecular complexity index is 1080. The Labute approximate surface area is 188 Å². The zero-order valence-electron chi connectivity index (χ0n) is 17.6.